The van der Waals surface area contributed by atoms with Crippen LogP contribution in [0.4, 0.5) is 0 Å². The van der Waals surface area contributed by atoms with Gasteiger partial charge in [-0.15, -0.1) is 0 Å². The number of amides is 1. The lowest BCUT2D eigenvalue weighted by molar-refractivity contribution is -0.140. The van der Waals surface area contributed by atoms with E-state index in [1.807, 2.05) is 4.90 Å². The molecule has 1 rings (SSSR count). The monoisotopic (exact) mass is 214 g/mol. The predicted molar refractivity (Wildman–Crippen MR) is 55.5 cm³/mol. The van der Waals surface area contributed by atoms with Crippen LogP contribution in [0.15, 0.2) is 0 Å². The van der Waals surface area contributed by atoms with E-state index in [4.69, 9.17) is 5.11 Å². The van der Waals surface area contributed by atoms with Crippen LogP contribution in [0.2, 0.25) is 0 Å². The fourth-order valence-corrected chi connectivity index (χ4v) is 1.76. The third-order valence-corrected chi connectivity index (χ3v) is 2.61. The molecule has 0 aliphatic carbocycles. The predicted octanol–water partition coefficient (Wildman–Crippen LogP) is 0.0616. The number of piperazine rings is 1. The molecular formula is C10H18N2O3. The van der Waals surface area contributed by atoms with Crippen LogP contribution in [0.3, 0.4) is 0 Å². The summed E-state index contributed by atoms with van der Waals surface area (Å²) in [6.07, 6.45) is 2.16. The van der Waals surface area contributed by atoms with Crippen LogP contribution in [0.25, 0.3) is 0 Å². The van der Waals surface area contributed by atoms with E-state index in [0.717, 1.165) is 19.4 Å². The summed E-state index contributed by atoms with van der Waals surface area (Å²) in [6, 6.07) is -0.0493. The number of carbonyl (C=O) groups is 2. The third kappa shape index (κ3) is 3.87. The Morgan fingerprint density at radius 1 is 1.67 bits per heavy atom. The van der Waals surface area contributed by atoms with Crippen molar-refractivity contribution in [3.05, 3.63) is 0 Å². The number of aliphatic carboxylic acids is 1. The van der Waals surface area contributed by atoms with Gasteiger partial charge in [-0.2, -0.15) is 0 Å². The van der Waals surface area contributed by atoms with Gasteiger partial charge in [-0.1, -0.05) is 13.3 Å². The molecule has 5 nitrogen and oxygen atoms in total. The van der Waals surface area contributed by atoms with Crippen LogP contribution in [-0.4, -0.2) is 47.6 Å². The topological polar surface area (TPSA) is 69.6 Å². The summed E-state index contributed by atoms with van der Waals surface area (Å²) in [5, 5.41) is 11.4. The standard InChI is InChI=1S/C10H18N2O3/c1-2-3-4-12-7-9(13)11-6-8(12)5-10(14)15/h8H,2-7H2,1H3,(H,11,13)(H,14,15). The average Bonchev–Trinajstić information content (AvgIpc) is 2.18. The maximum Gasteiger partial charge on any atom is 0.305 e. The summed E-state index contributed by atoms with van der Waals surface area (Å²) in [6.45, 7) is 3.67. The zero-order valence-electron chi connectivity index (χ0n) is 9.03. The summed E-state index contributed by atoms with van der Waals surface area (Å²) in [4.78, 5) is 23.8. The Balaban J connectivity index is 2.49. The second-order valence-corrected chi connectivity index (χ2v) is 3.88. The normalized spacial score (nSPS) is 22.5. The van der Waals surface area contributed by atoms with Gasteiger partial charge in [0, 0.05) is 12.6 Å². The zero-order valence-corrected chi connectivity index (χ0v) is 9.03. The number of nitrogens with zero attached hydrogens (tertiary/aromatic N) is 1. The van der Waals surface area contributed by atoms with Crippen molar-refractivity contribution in [3.63, 3.8) is 0 Å². The highest BCUT2D eigenvalue weighted by Gasteiger charge is 2.27. The van der Waals surface area contributed by atoms with E-state index in [1.165, 1.54) is 0 Å². The SMILES string of the molecule is CCCCN1CC(=O)NCC1CC(=O)O. The Kier molecular flexibility index (Phi) is 4.55. The van der Waals surface area contributed by atoms with E-state index in [9.17, 15) is 9.59 Å². The molecule has 5 heteroatoms. The van der Waals surface area contributed by atoms with Gasteiger partial charge < -0.3 is 10.4 Å². The number of carbonyl (C=O) groups excluding carboxylic acids is 1. The maximum absolute atomic E-state index is 11.2. The van der Waals surface area contributed by atoms with Crippen LogP contribution < -0.4 is 5.32 Å². The van der Waals surface area contributed by atoms with Gasteiger partial charge in [0.1, 0.15) is 0 Å². The largest absolute Gasteiger partial charge is 0.481 e. The summed E-state index contributed by atoms with van der Waals surface area (Å²) < 4.78 is 0. The van der Waals surface area contributed by atoms with E-state index >= 15 is 0 Å². The second kappa shape index (κ2) is 5.70. The quantitative estimate of drug-likeness (QED) is 0.679. The van der Waals surface area contributed by atoms with Crippen LogP contribution in [-0.2, 0) is 9.59 Å². The van der Waals surface area contributed by atoms with E-state index in [1.54, 1.807) is 0 Å². The Hall–Kier alpha value is -1.10. The smallest absolute Gasteiger partial charge is 0.305 e. The highest BCUT2D eigenvalue weighted by atomic mass is 16.4. The Labute approximate surface area is 89.4 Å². The van der Waals surface area contributed by atoms with Crippen LogP contribution >= 0.6 is 0 Å². The minimum absolute atomic E-state index is 0.00672. The molecule has 0 aromatic rings. The number of unbranched alkanes of at least 4 members (excludes halogenated alkanes) is 1. The molecule has 1 aliphatic heterocycles. The molecule has 2 N–H and O–H groups in total. The summed E-state index contributed by atoms with van der Waals surface area (Å²) in [7, 11) is 0. The first-order valence-corrected chi connectivity index (χ1v) is 5.36. The van der Waals surface area contributed by atoms with Gasteiger partial charge in [0.15, 0.2) is 0 Å². The lowest BCUT2D eigenvalue weighted by atomic mass is 10.1. The molecule has 1 unspecified atom stereocenters. The molecule has 0 aromatic heterocycles. The van der Waals surface area contributed by atoms with Gasteiger partial charge >= 0.3 is 5.97 Å². The third-order valence-electron chi connectivity index (χ3n) is 2.61. The number of rotatable bonds is 5. The van der Waals surface area contributed by atoms with Crippen molar-refractivity contribution in [2.45, 2.75) is 32.2 Å². The van der Waals surface area contributed by atoms with Crippen LogP contribution in [0, 0.1) is 0 Å². The van der Waals surface area contributed by atoms with Crippen molar-refractivity contribution < 1.29 is 14.7 Å². The molecule has 0 spiro atoms. The molecule has 1 fully saturated rings. The van der Waals surface area contributed by atoms with Gasteiger partial charge in [0.25, 0.3) is 0 Å². The molecule has 15 heavy (non-hydrogen) atoms. The Morgan fingerprint density at radius 2 is 2.40 bits per heavy atom. The van der Waals surface area contributed by atoms with Crippen molar-refractivity contribution in [1.29, 1.82) is 0 Å². The Morgan fingerprint density at radius 3 is 3.00 bits per heavy atom. The fourth-order valence-electron chi connectivity index (χ4n) is 1.76. The molecular weight excluding hydrogens is 196 g/mol. The zero-order chi connectivity index (χ0) is 11.3. The van der Waals surface area contributed by atoms with E-state index in [-0.39, 0.29) is 18.4 Å². The highest BCUT2D eigenvalue weighted by molar-refractivity contribution is 5.79. The molecule has 0 saturated carbocycles. The first-order valence-electron chi connectivity index (χ1n) is 5.36. The van der Waals surface area contributed by atoms with Gasteiger partial charge in [-0.05, 0) is 13.0 Å². The molecule has 1 heterocycles. The van der Waals surface area contributed by atoms with Crippen molar-refractivity contribution >= 4 is 11.9 Å². The lowest BCUT2D eigenvalue weighted by Crippen LogP contribution is -2.55. The van der Waals surface area contributed by atoms with E-state index < -0.39 is 5.97 Å². The van der Waals surface area contributed by atoms with Crippen molar-refractivity contribution in [2.24, 2.45) is 0 Å². The lowest BCUT2D eigenvalue weighted by Gasteiger charge is -2.34. The average molecular weight is 214 g/mol. The molecule has 0 bridgehead atoms. The van der Waals surface area contributed by atoms with Gasteiger partial charge in [-0.3, -0.25) is 14.5 Å². The van der Waals surface area contributed by atoms with Gasteiger partial charge in [-0.25, -0.2) is 0 Å². The van der Waals surface area contributed by atoms with Crippen LogP contribution in [0.1, 0.15) is 26.2 Å². The molecule has 1 atom stereocenters. The summed E-state index contributed by atoms with van der Waals surface area (Å²) >= 11 is 0. The van der Waals surface area contributed by atoms with Crippen molar-refractivity contribution in [1.82, 2.24) is 10.2 Å². The van der Waals surface area contributed by atoms with Crippen molar-refractivity contribution in [2.75, 3.05) is 19.6 Å². The van der Waals surface area contributed by atoms with E-state index in [0.29, 0.717) is 13.1 Å². The second-order valence-electron chi connectivity index (χ2n) is 3.88. The molecule has 1 aliphatic rings. The van der Waals surface area contributed by atoms with Crippen molar-refractivity contribution in [3.8, 4) is 0 Å². The fraction of sp³-hybridized carbons (Fsp3) is 0.800. The number of carboxylic acids is 1. The van der Waals surface area contributed by atoms with Gasteiger partial charge in [0.05, 0.1) is 13.0 Å². The molecule has 86 valence electrons. The number of hydrogen-bond acceptors (Lipinski definition) is 3. The highest BCUT2D eigenvalue weighted by Crippen LogP contribution is 2.09. The number of nitrogens with one attached hydrogen (secondary N) is 1. The van der Waals surface area contributed by atoms with Gasteiger partial charge in [0.2, 0.25) is 5.91 Å². The maximum atomic E-state index is 11.2. The molecule has 0 aromatic carbocycles. The summed E-state index contributed by atoms with van der Waals surface area (Å²) in [5.41, 5.74) is 0. The molecule has 0 radical (unpaired) electrons. The number of hydrogen-bond donors (Lipinski definition) is 2. The first-order chi connectivity index (χ1) is 7.13. The minimum Gasteiger partial charge on any atom is -0.481 e. The van der Waals surface area contributed by atoms with Crippen LogP contribution in [0.5, 0.6) is 0 Å². The number of carboxylic acid groups (broad SMARTS) is 1. The Bertz CT molecular complexity index is 243. The minimum atomic E-state index is -0.808. The summed E-state index contributed by atoms with van der Waals surface area (Å²) in [5.74, 6) is -0.814. The first kappa shape index (κ1) is 12.0. The molecule has 1 amide bonds. The van der Waals surface area contributed by atoms with E-state index in [2.05, 4.69) is 12.2 Å². The molecule has 1 saturated heterocycles.